The molecule has 4 rings (SSSR count). The van der Waals surface area contributed by atoms with Gasteiger partial charge in [-0.2, -0.15) is 5.10 Å². The van der Waals surface area contributed by atoms with E-state index >= 15 is 0 Å². The lowest BCUT2D eigenvalue weighted by atomic mass is 10.1. The molecule has 0 bridgehead atoms. The minimum atomic E-state index is 0.117. The lowest BCUT2D eigenvalue weighted by molar-refractivity contribution is -0.131. The Morgan fingerprint density at radius 1 is 1.18 bits per heavy atom. The third-order valence-electron chi connectivity index (χ3n) is 5.39. The van der Waals surface area contributed by atoms with Gasteiger partial charge in [0.15, 0.2) is 0 Å². The van der Waals surface area contributed by atoms with E-state index in [0.29, 0.717) is 13.0 Å². The molecule has 2 heterocycles. The summed E-state index contributed by atoms with van der Waals surface area (Å²) in [4.78, 5) is 14.8. The van der Waals surface area contributed by atoms with Crippen LogP contribution in [0.15, 0.2) is 60.8 Å². The molecular formula is C23H25N3O2. The zero-order valence-corrected chi connectivity index (χ0v) is 16.1. The predicted molar refractivity (Wildman–Crippen MR) is 108 cm³/mol. The van der Waals surface area contributed by atoms with Gasteiger partial charge < -0.3 is 9.64 Å². The fraction of sp³-hybridized carbons (Fsp3) is 0.304. The van der Waals surface area contributed by atoms with Crippen molar-refractivity contribution in [3.8, 4) is 5.75 Å². The van der Waals surface area contributed by atoms with E-state index in [1.807, 2.05) is 47.4 Å². The Kier molecular flexibility index (Phi) is 5.42. The van der Waals surface area contributed by atoms with Gasteiger partial charge in [0.25, 0.3) is 0 Å². The topological polar surface area (TPSA) is 58.2 Å². The second kappa shape index (κ2) is 8.30. The first-order valence-electron chi connectivity index (χ1n) is 9.76. The number of hydrogen-bond donors (Lipinski definition) is 1. The van der Waals surface area contributed by atoms with E-state index in [-0.39, 0.29) is 11.9 Å². The van der Waals surface area contributed by atoms with E-state index in [9.17, 15) is 4.79 Å². The molecule has 5 nitrogen and oxygen atoms in total. The molecule has 0 spiro atoms. The fourth-order valence-corrected chi connectivity index (χ4v) is 3.75. The summed E-state index contributed by atoms with van der Waals surface area (Å²) in [5, 5.41) is 7.03. The summed E-state index contributed by atoms with van der Waals surface area (Å²) in [5.74, 6) is 0.974. The number of hydrogen-bond acceptors (Lipinski definition) is 3. The fourth-order valence-electron chi connectivity index (χ4n) is 3.75. The van der Waals surface area contributed by atoms with Gasteiger partial charge in [-0.05, 0) is 54.7 Å². The summed E-state index contributed by atoms with van der Waals surface area (Å²) in [7, 11) is 0. The summed E-state index contributed by atoms with van der Waals surface area (Å²) >= 11 is 0. The Bertz CT molecular complexity index is 919. The van der Waals surface area contributed by atoms with Crippen LogP contribution in [-0.2, 0) is 17.8 Å². The third kappa shape index (κ3) is 4.09. The molecule has 3 aromatic rings. The first kappa shape index (κ1) is 18.3. The van der Waals surface area contributed by atoms with Crippen molar-refractivity contribution >= 4 is 5.91 Å². The van der Waals surface area contributed by atoms with Crippen LogP contribution >= 0.6 is 0 Å². The van der Waals surface area contributed by atoms with Gasteiger partial charge in [-0.3, -0.25) is 9.89 Å². The highest BCUT2D eigenvalue weighted by Crippen LogP contribution is 2.31. The molecule has 1 atom stereocenters. The summed E-state index contributed by atoms with van der Waals surface area (Å²) in [6.45, 7) is 3.44. The highest BCUT2D eigenvalue weighted by atomic mass is 16.5. The zero-order chi connectivity index (χ0) is 19.3. The highest BCUT2D eigenvalue weighted by Gasteiger charge is 2.30. The summed E-state index contributed by atoms with van der Waals surface area (Å²) < 4.78 is 5.89. The second-order valence-corrected chi connectivity index (χ2v) is 7.29. The quantitative estimate of drug-likeness (QED) is 0.702. The maximum absolute atomic E-state index is 12.8. The highest BCUT2D eigenvalue weighted by molar-refractivity contribution is 5.79. The van der Waals surface area contributed by atoms with Crippen LogP contribution in [0, 0.1) is 6.92 Å². The molecular weight excluding hydrogens is 350 g/mol. The van der Waals surface area contributed by atoms with E-state index in [0.717, 1.165) is 36.4 Å². The zero-order valence-electron chi connectivity index (χ0n) is 16.1. The number of rotatable bonds is 6. The van der Waals surface area contributed by atoms with Crippen LogP contribution in [0.4, 0.5) is 0 Å². The largest absolute Gasteiger partial charge is 0.489 e. The van der Waals surface area contributed by atoms with E-state index < -0.39 is 0 Å². The average molecular weight is 375 g/mol. The first-order chi connectivity index (χ1) is 13.7. The number of carbonyl (C=O) groups is 1. The van der Waals surface area contributed by atoms with Gasteiger partial charge in [0.2, 0.25) is 5.91 Å². The lowest BCUT2D eigenvalue weighted by Crippen LogP contribution is -2.32. The van der Waals surface area contributed by atoms with Crippen LogP contribution < -0.4 is 4.74 Å². The molecule has 0 radical (unpaired) electrons. The number of benzene rings is 2. The molecule has 1 fully saturated rings. The van der Waals surface area contributed by atoms with E-state index in [1.54, 1.807) is 6.20 Å². The van der Waals surface area contributed by atoms with Crippen molar-refractivity contribution in [2.45, 2.75) is 38.8 Å². The van der Waals surface area contributed by atoms with E-state index in [1.165, 1.54) is 11.1 Å². The van der Waals surface area contributed by atoms with Gasteiger partial charge in [0.1, 0.15) is 12.4 Å². The van der Waals surface area contributed by atoms with Crippen molar-refractivity contribution in [2.24, 2.45) is 0 Å². The molecule has 1 amide bonds. The van der Waals surface area contributed by atoms with Crippen LogP contribution in [0.2, 0.25) is 0 Å². The van der Waals surface area contributed by atoms with Gasteiger partial charge in [-0.15, -0.1) is 0 Å². The molecule has 28 heavy (non-hydrogen) atoms. The minimum absolute atomic E-state index is 0.117. The standard InChI is InChI=1S/C23H25N3O2/c1-17-5-2-3-6-19(17)16-28-20-10-8-18(9-11-20)15-23(27)26-14-4-7-22(26)21-12-13-24-25-21/h2-3,5-6,8-13,22H,4,7,14-16H2,1H3,(H,24,25). The summed E-state index contributed by atoms with van der Waals surface area (Å²) in [5.41, 5.74) is 4.43. The predicted octanol–water partition coefficient (Wildman–Crippen LogP) is 4.20. The van der Waals surface area contributed by atoms with Crippen molar-refractivity contribution in [3.63, 3.8) is 0 Å². The molecule has 1 aliphatic heterocycles. The number of ether oxygens (including phenoxy) is 1. The maximum Gasteiger partial charge on any atom is 0.227 e. The van der Waals surface area contributed by atoms with E-state index in [4.69, 9.17) is 4.74 Å². The van der Waals surface area contributed by atoms with Crippen LogP contribution in [-0.4, -0.2) is 27.5 Å². The van der Waals surface area contributed by atoms with Crippen LogP contribution in [0.25, 0.3) is 0 Å². The van der Waals surface area contributed by atoms with E-state index in [2.05, 4.69) is 29.3 Å². The van der Waals surface area contributed by atoms with Gasteiger partial charge in [0.05, 0.1) is 18.2 Å². The Morgan fingerprint density at radius 3 is 2.75 bits per heavy atom. The van der Waals surface area contributed by atoms with Gasteiger partial charge in [-0.25, -0.2) is 0 Å². The summed E-state index contributed by atoms with van der Waals surface area (Å²) in [6, 6.07) is 18.1. The second-order valence-electron chi connectivity index (χ2n) is 7.29. The van der Waals surface area contributed by atoms with Crippen LogP contribution in [0.1, 0.15) is 41.3 Å². The molecule has 1 saturated heterocycles. The summed E-state index contributed by atoms with van der Waals surface area (Å²) in [6.07, 6.45) is 4.16. The lowest BCUT2D eigenvalue weighted by Gasteiger charge is -2.23. The number of aromatic nitrogens is 2. The Balaban J connectivity index is 1.35. The SMILES string of the molecule is Cc1ccccc1COc1ccc(CC(=O)N2CCCC2c2ccn[nH]2)cc1. The molecule has 0 aliphatic carbocycles. The number of aryl methyl sites for hydroxylation is 1. The maximum atomic E-state index is 12.8. The minimum Gasteiger partial charge on any atom is -0.489 e. The number of aromatic amines is 1. The average Bonchev–Trinajstić information content (AvgIpc) is 3.40. The molecule has 1 N–H and O–H groups in total. The monoisotopic (exact) mass is 375 g/mol. The molecule has 1 aromatic heterocycles. The molecule has 5 heteroatoms. The van der Waals surface area contributed by atoms with Crippen molar-refractivity contribution < 1.29 is 9.53 Å². The Labute approximate surface area is 165 Å². The number of carbonyl (C=O) groups excluding carboxylic acids is 1. The number of H-pyrrole nitrogens is 1. The number of amides is 1. The van der Waals surface area contributed by atoms with Crippen molar-refractivity contribution in [1.29, 1.82) is 0 Å². The van der Waals surface area contributed by atoms with Crippen LogP contribution in [0.5, 0.6) is 5.75 Å². The molecule has 1 aliphatic rings. The normalized spacial score (nSPS) is 16.3. The first-order valence-corrected chi connectivity index (χ1v) is 9.76. The molecule has 0 saturated carbocycles. The van der Waals surface area contributed by atoms with Gasteiger partial charge in [0, 0.05) is 12.7 Å². The third-order valence-corrected chi connectivity index (χ3v) is 5.39. The molecule has 1 unspecified atom stereocenters. The Hall–Kier alpha value is -3.08. The van der Waals surface area contributed by atoms with Crippen molar-refractivity contribution in [1.82, 2.24) is 15.1 Å². The smallest absolute Gasteiger partial charge is 0.227 e. The number of likely N-dealkylation sites (tertiary alicyclic amines) is 1. The molecule has 2 aromatic carbocycles. The van der Waals surface area contributed by atoms with Crippen molar-refractivity contribution in [3.05, 3.63) is 83.2 Å². The van der Waals surface area contributed by atoms with Gasteiger partial charge in [-0.1, -0.05) is 36.4 Å². The van der Waals surface area contributed by atoms with Crippen molar-refractivity contribution in [2.75, 3.05) is 6.54 Å². The number of nitrogens with one attached hydrogen (secondary N) is 1. The Morgan fingerprint density at radius 2 is 2.00 bits per heavy atom. The number of nitrogens with zero attached hydrogens (tertiary/aromatic N) is 2. The van der Waals surface area contributed by atoms with Crippen LogP contribution in [0.3, 0.4) is 0 Å². The van der Waals surface area contributed by atoms with Gasteiger partial charge >= 0.3 is 0 Å². The molecule has 144 valence electrons.